The summed E-state index contributed by atoms with van der Waals surface area (Å²) in [5.41, 5.74) is 2.26. The first-order valence-corrected chi connectivity index (χ1v) is 11.4. The minimum atomic E-state index is -3.79. The molecule has 3 rings (SSSR count). The fourth-order valence-corrected chi connectivity index (χ4v) is 4.20. The van der Waals surface area contributed by atoms with E-state index in [4.69, 9.17) is 16.3 Å². The van der Waals surface area contributed by atoms with Gasteiger partial charge in [-0.1, -0.05) is 41.4 Å². The van der Waals surface area contributed by atoms with E-state index in [2.05, 4.69) is 10.0 Å². The summed E-state index contributed by atoms with van der Waals surface area (Å²) in [6.07, 6.45) is 0. The van der Waals surface area contributed by atoms with Crippen LogP contribution in [0.15, 0.2) is 71.6 Å². The zero-order valence-electron chi connectivity index (χ0n) is 17.3. The molecule has 6 nitrogen and oxygen atoms in total. The van der Waals surface area contributed by atoms with Crippen molar-refractivity contribution < 1.29 is 17.9 Å². The van der Waals surface area contributed by atoms with E-state index in [1.165, 1.54) is 30.3 Å². The number of methoxy groups -OCH3 is 1. The van der Waals surface area contributed by atoms with Crippen molar-refractivity contribution in [1.82, 2.24) is 5.32 Å². The quantitative estimate of drug-likeness (QED) is 0.524. The number of aryl methyl sites for hydroxylation is 1. The number of nitrogens with one attached hydrogen (secondary N) is 2. The summed E-state index contributed by atoms with van der Waals surface area (Å²) in [6.45, 7) is 3.72. The van der Waals surface area contributed by atoms with Gasteiger partial charge in [-0.25, -0.2) is 8.42 Å². The monoisotopic (exact) mass is 458 g/mol. The Morgan fingerprint density at radius 2 is 1.65 bits per heavy atom. The van der Waals surface area contributed by atoms with Crippen molar-refractivity contribution >= 4 is 33.2 Å². The molecule has 0 heterocycles. The molecule has 0 saturated heterocycles. The van der Waals surface area contributed by atoms with Crippen LogP contribution in [0.4, 0.5) is 5.69 Å². The Morgan fingerprint density at radius 3 is 2.26 bits per heavy atom. The number of carbonyl (C=O) groups is 1. The van der Waals surface area contributed by atoms with E-state index >= 15 is 0 Å². The van der Waals surface area contributed by atoms with Gasteiger partial charge in [-0.3, -0.25) is 9.52 Å². The van der Waals surface area contributed by atoms with Crippen LogP contribution in [0.3, 0.4) is 0 Å². The molecule has 0 aliphatic heterocycles. The summed E-state index contributed by atoms with van der Waals surface area (Å²) in [5, 5.41) is 3.10. The van der Waals surface area contributed by atoms with E-state index in [0.717, 1.165) is 16.9 Å². The topological polar surface area (TPSA) is 84.5 Å². The number of halogens is 1. The van der Waals surface area contributed by atoms with Crippen LogP contribution in [0.5, 0.6) is 5.75 Å². The van der Waals surface area contributed by atoms with Crippen LogP contribution < -0.4 is 14.8 Å². The molecule has 3 aromatic carbocycles. The van der Waals surface area contributed by atoms with Gasteiger partial charge in [0.2, 0.25) is 0 Å². The number of benzene rings is 3. The molecule has 0 bridgehead atoms. The maximum atomic E-state index is 12.8. The van der Waals surface area contributed by atoms with Crippen LogP contribution in [0.2, 0.25) is 5.02 Å². The van der Waals surface area contributed by atoms with E-state index in [9.17, 15) is 13.2 Å². The van der Waals surface area contributed by atoms with Gasteiger partial charge in [0, 0.05) is 5.69 Å². The van der Waals surface area contributed by atoms with Crippen LogP contribution in [0.25, 0.3) is 0 Å². The van der Waals surface area contributed by atoms with Crippen LogP contribution in [-0.2, 0) is 10.0 Å². The predicted molar refractivity (Wildman–Crippen MR) is 122 cm³/mol. The summed E-state index contributed by atoms with van der Waals surface area (Å²) in [4.78, 5) is 12.9. The zero-order chi connectivity index (χ0) is 22.6. The molecule has 0 aliphatic rings. The molecule has 3 aromatic rings. The number of anilines is 1. The van der Waals surface area contributed by atoms with Crippen LogP contribution in [-0.4, -0.2) is 21.4 Å². The average Bonchev–Trinajstić information content (AvgIpc) is 2.75. The van der Waals surface area contributed by atoms with Crippen molar-refractivity contribution in [2.24, 2.45) is 0 Å². The largest absolute Gasteiger partial charge is 0.497 e. The number of hydrogen-bond acceptors (Lipinski definition) is 4. The second-order valence-electron chi connectivity index (χ2n) is 7.08. The first kappa shape index (κ1) is 22.7. The predicted octanol–water partition coefficient (Wildman–Crippen LogP) is 4.95. The molecular formula is C23H23ClN2O4S. The third-order valence-electron chi connectivity index (χ3n) is 4.76. The van der Waals surface area contributed by atoms with Crippen molar-refractivity contribution in [2.45, 2.75) is 24.8 Å². The molecule has 162 valence electrons. The van der Waals surface area contributed by atoms with Gasteiger partial charge in [-0.2, -0.15) is 0 Å². The Bertz CT molecular complexity index is 1180. The highest BCUT2D eigenvalue weighted by Gasteiger charge is 2.18. The zero-order valence-corrected chi connectivity index (χ0v) is 18.9. The van der Waals surface area contributed by atoms with Gasteiger partial charge in [-0.05, 0) is 61.9 Å². The lowest BCUT2D eigenvalue weighted by atomic mass is 10.1. The smallest absolute Gasteiger partial charge is 0.261 e. The lowest BCUT2D eigenvalue weighted by Crippen LogP contribution is -2.27. The molecule has 0 aromatic heterocycles. The van der Waals surface area contributed by atoms with E-state index < -0.39 is 15.9 Å². The molecule has 0 fully saturated rings. The van der Waals surface area contributed by atoms with Crippen LogP contribution in [0.1, 0.15) is 34.5 Å². The third kappa shape index (κ3) is 5.57. The minimum absolute atomic E-state index is 0.132. The average molecular weight is 459 g/mol. The SMILES string of the molecule is COc1ccc([C@@H](C)NC(=O)c2cc(NS(=O)(=O)c3ccc(C)cc3)ccc2Cl)cc1. The standard InChI is InChI=1S/C23H23ClN2O4S/c1-15-4-11-20(12-5-15)31(28,29)26-18-8-13-22(24)21(14-18)23(27)25-16(2)17-6-9-19(30-3)10-7-17/h4-14,16,26H,1-3H3,(H,25,27)/t16-/m1/s1. The van der Waals surface area contributed by atoms with Crippen LogP contribution in [0, 0.1) is 6.92 Å². The maximum Gasteiger partial charge on any atom is 0.261 e. The summed E-state index contributed by atoms with van der Waals surface area (Å²) in [7, 11) is -2.21. The summed E-state index contributed by atoms with van der Waals surface area (Å²) < 4.78 is 32.9. The van der Waals surface area contributed by atoms with Gasteiger partial charge < -0.3 is 10.1 Å². The van der Waals surface area contributed by atoms with Gasteiger partial charge in [0.25, 0.3) is 15.9 Å². The highest BCUT2D eigenvalue weighted by molar-refractivity contribution is 7.92. The number of ether oxygens (including phenoxy) is 1. The molecule has 1 amide bonds. The highest BCUT2D eigenvalue weighted by atomic mass is 35.5. The first-order chi connectivity index (χ1) is 14.7. The van der Waals surface area contributed by atoms with E-state index in [0.29, 0.717) is 0 Å². The molecule has 31 heavy (non-hydrogen) atoms. The molecule has 0 aliphatic carbocycles. The highest BCUT2D eigenvalue weighted by Crippen LogP contribution is 2.24. The van der Waals surface area contributed by atoms with E-state index in [-0.39, 0.29) is 27.2 Å². The molecule has 0 saturated carbocycles. The lowest BCUT2D eigenvalue weighted by molar-refractivity contribution is 0.0940. The van der Waals surface area contributed by atoms with Crippen molar-refractivity contribution in [1.29, 1.82) is 0 Å². The number of carbonyl (C=O) groups excluding carboxylic acids is 1. The first-order valence-electron chi connectivity index (χ1n) is 9.53. The van der Waals surface area contributed by atoms with Crippen LogP contribution >= 0.6 is 11.6 Å². The minimum Gasteiger partial charge on any atom is -0.497 e. The Balaban J connectivity index is 1.78. The maximum absolute atomic E-state index is 12.8. The van der Waals surface area contributed by atoms with Crippen molar-refractivity contribution in [3.63, 3.8) is 0 Å². The summed E-state index contributed by atoms with van der Waals surface area (Å²) in [6, 6.07) is 18.0. The molecule has 0 spiro atoms. The fraction of sp³-hybridized carbons (Fsp3) is 0.174. The van der Waals surface area contributed by atoms with E-state index in [1.807, 2.05) is 38.1 Å². The number of amides is 1. The third-order valence-corrected chi connectivity index (χ3v) is 6.48. The van der Waals surface area contributed by atoms with Gasteiger partial charge >= 0.3 is 0 Å². The molecule has 1 atom stereocenters. The molecule has 0 unspecified atom stereocenters. The van der Waals surface area contributed by atoms with Gasteiger partial charge in [0.15, 0.2) is 0 Å². The summed E-state index contributed by atoms with van der Waals surface area (Å²) in [5.74, 6) is 0.309. The van der Waals surface area contributed by atoms with Gasteiger partial charge in [0.1, 0.15) is 5.75 Å². The number of sulfonamides is 1. The Kier molecular flexibility index (Phi) is 6.87. The Morgan fingerprint density at radius 1 is 1.00 bits per heavy atom. The van der Waals surface area contributed by atoms with Gasteiger partial charge in [0.05, 0.1) is 28.6 Å². The second-order valence-corrected chi connectivity index (χ2v) is 9.17. The molecule has 0 radical (unpaired) electrons. The second kappa shape index (κ2) is 9.41. The molecular weight excluding hydrogens is 436 g/mol. The molecule has 8 heteroatoms. The molecule has 2 N–H and O–H groups in total. The van der Waals surface area contributed by atoms with Crippen molar-refractivity contribution in [2.75, 3.05) is 11.8 Å². The van der Waals surface area contributed by atoms with E-state index in [1.54, 1.807) is 19.2 Å². The summed E-state index contributed by atoms with van der Waals surface area (Å²) >= 11 is 6.21. The number of hydrogen-bond donors (Lipinski definition) is 2. The Labute approximate surface area is 187 Å². The lowest BCUT2D eigenvalue weighted by Gasteiger charge is -2.16. The van der Waals surface area contributed by atoms with Gasteiger partial charge in [-0.15, -0.1) is 0 Å². The Hall–Kier alpha value is -3.03. The van der Waals surface area contributed by atoms with Crippen molar-refractivity contribution in [3.8, 4) is 5.75 Å². The fourth-order valence-electron chi connectivity index (χ4n) is 2.94. The number of rotatable bonds is 7. The normalized spacial score (nSPS) is 12.1. The van der Waals surface area contributed by atoms with Crippen molar-refractivity contribution in [3.05, 3.63) is 88.4 Å².